The minimum Gasteiger partial charge on any atom is -0.497 e. The molecule has 2 aromatic carbocycles. The minimum absolute atomic E-state index is 0.192. The highest BCUT2D eigenvalue weighted by Crippen LogP contribution is 2.38. The average molecular weight is 413 g/mol. The number of rotatable bonds is 8. The molecular weight excluding hydrogens is 380 g/mol. The molecule has 0 amide bonds. The summed E-state index contributed by atoms with van der Waals surface area (Å²) in [5, 5.41) is 11.1. The summed E-state index contributed by atoms with van der Waals surface area (Å²) in [4.78, 5) is 11.8. The molecule has 5 heteroatoms. The number of methoxy groups -OCH3 is 1. The second kappa shape index (κ2) is 10.5. The third-order valence-corrected chi connectivity index (χ3v) is 5.84. The van der Waals surface area contributed by atoms with Crippen LogP contribution in [0.3, 0.4) is 0 Å². The van der Waals surface area contributed by atoms with Gasteiger partial charge in [-0.2, -0.15) is 0 Å². The van der Waals surface area contributed by atoms with E-state index in [2.05, 4.69) is 6.92 Å². The normalized spacial score (nSPS) is 21.1. The molecular formula is C25H32O5. The van der Waals surface area contributed by atoms with Gasteiger partial charge in [-0.1, -0.05) is 56.2 Å². The predicted octanol–water partition coefficient (Wildman–Crippen LogP) is 5.84. The lowest BCUT2D eigenvalue weighted by molar-refractivity contribution is -0.0538. The highest BCUT2D eigenvalue weighted by Gasteiger charge is 2.36. The van der Waals surface area contributed by atoms with E-state index in [4.69, 9.17) is 14.2 Å². The molecule has 3 rings (SSSR count). The first-order valence-electron chi connectivity index (χ1n) is 10.8. The maximum absolute atomic E-state index is 11.8. The van der Waals surface area contributed by atoms with Gasteiger partial charge in [-0.15, -0.1) is 0 Å². The second-order valence-electron chi connectivity index (χ2n) is 7.96. The van der Waals surface area contributed by atoms with Gasteiger partial charge in [0, 0.05) is 0 Å². The van der Waals surface area contributed by atoms with Crippen molar-refractivity contribution in [2.75, 3.05) is 13.7 Å². The van der Waals surface area contributed by atoms with Crippen molar-refractivity contribution in [1.82, 2.24) is 0 Å². The molecule has 1 N–H and O–H groups in total. The van der Waals surface area contributed by atoms with Crippen molar-refractivity contribution in [1.29, 1.82) is 0 Å². The molecule has 0 heterocycles. The molecule has 2 aromatic rings. The van der Waals surface area contributed by atoms with Gasteiger partial charge in [0.25, 0.3) is 0 Å². The van der Waals surface area contributed by atoms with Crippen LogP contribution in [0.4, 0.5) is 4.79 Å². The molecule has 5 nitrogen and oxygen atoms in total. The number of carbonyl (C=O) groups excluding carboxylic acids is 1. The monoisotopic (exact) mass is 412 g/mol. The summed E-state index contributed by atoms with van der Waals surface area (Å²) in [6.07, 6.45) is 4.57. The van der Waals surface area contributed by atoms with Crippen LogP contribution < -0.4 is 4.74 Å². The molecule has 0 aromatic heterocycles. The highest BCUT2D eigenvalue weighted by atomic mass is 16.7. The fraction of sp³-hybridized carbons (Fsp3) is 0.480. The van der Waals surface area contributed by atoms with E-state index in [9.17, 15) is 9.90 Å². The molecule has 1 aliphatic rings. The number of aliphatic hydroxyl groups is 1. The third-order valence-electron chi connectivity index (χ3n) is 5.84. The molecule has 1 aliphatic carbocycles. The van der Waals surface area contributed by atoms with E-state index in [-0.39, 0.29) is 6.10 Å². The van der Waals surface area contributed by atoms with Gasteiger partial charge in [0.2, 0.25) is 0 Å². The Balaban J connectivity index is 1.52. The third kappa shape index (κ3) is 5.76. The van der Waals surface area contributed by atoms with E-state index in [1.165, 1.54) is 0 Å². The van der Waals surface area contributed by atoms with Gasteiger partial charge in [-0.25, -0.2) is 4.79 Å². The maximum Gasteiger partial charge on any atom is 0.508 e. The molecule has 30 heavy (non-hydrogen) atoms. The van der Waals surface area contributed by atoms with Crippen molar-refractivity contribution < 1.29 is 24.1 Å². The van der Waals surface area contributed by atoms with E-state index < -0.39 is 11.8 Å². The van der Waals surface area contributed by atoms with Crippen molar-refractivity contribution in [3.05, 3.63) is 54.1 Å². The van der Waals surface area contributed by atoms with Crippen LogP contribution >= 0.6 is 0 Å². The Hall–Kier alpha value is -2.53. The average Bonchev–Trinajstić information content (AvgIpc) is 2.79. The quantitative estimate of drug-likeness (QED) is 0.436. The van der Waals surface area contributed by atoms with Crippen LogP contribution in [0, 0.1) is 0 Å². The van der Waals surface area contributed by atoms with E-state index in [1.807, 2.05) is 48.5 Å². The van der Waals surface area contributed by atoms with Crippen molar-refractivity contribution >= 4 is 6.16 Å². The van der Waals surface area contributed by atoms with E-state index in [1.54, 1.807) is 7.11 Å². The number of hydrogen-bond acceptors (Lipinski definition) is 5. The molecule has 0 radical (unpaired) electrons. The number of ether oxygens (including phenoxy) is 3. The van der Waals surface area contributed by atoms with Crippen LogP contribution in [0.2, 0.25) is 0 Å². The highest BCUT2D eigenvalue weighted by molar-refractivity contribution is 5.64. The van der Waals surface area contributed by atoms with Crippen LogP contribution in [0.5, 0.6) is 5.75 Å². The van der Waals surface area contributed by atoms with Crippen LogP contribution in [-0.4, -0.2) is 31.1 Å². The lowest BCUT2D eigenvalue weighted by Gasteiger charge is -2.36. The van der Waals surface area contributed by atoms with Gasteiger partial charge in [0.1, 0.15) is 11.9 Å². The SMILES string of the molecule is CCCCCOC(=O)OC1CCC(O)(c2ccc(-c3ccc(OC)cc3)cc2)CC1. The Morgan fingerprint density at radius 2 is 1.60 bits per heavy atom. The van der Waals surface area contributed by atoms with Crippen molar-refractivity contribution in [3.8, 4) is 16.9 Å². The Bertz CT molecular complexity index is 789. The minimum atomic E-state index is -0.886. The largest absolute Gasteiger partial charge is 0.508 e. The Kier molecular flexibility index (Phi) is 7.75. The molecule has 0 bridgehead atoms. The van der Waals surface area contributed by atoms with Gasteiger partial charge >= 0.3 is 6.16 Å². The van der Waals surface area contributed by atoms with Gasteiger partial charge in [-0.05, 0) is 60.9 Å². The molecule has 0 unspecified atom stereocenters. The van der Waals surface area contributed by atoms with Gasteiger partial charge < -0.3 is 19.3 Å². The van der Waals surface area contributed by atoms with Crippen molar-refractivity contribution in [2.45, 2.75) is 63.6 Å². The Morgan fingerprint density at radius 1 is 1.00 bits per heavy atom. The predicted molar refractivity (Wildman–Crippen MR) is 117 cm³/mol. The van der Waals surface area contributed by atoms with Crippen LogP contribution in [-0.2, 0) is 15.1 Å². The molecule has 0 saturated heterocycles. The molecule has 0 spiro atoms. The zero-order valence-electron chi connectivity index (χ0n) is 17.9. The molecule has 0 atom stereocenters. The zero-order chi connectivity index (χ0) is 21.4. The molecule has 1 saturated carbocycles. The van der Waals surface area contributed by atoms with E-state index >= 15 is 0 Å². The summed E-state index contributed by atoms with van der Waals surface area (Å²) in [7, 11) is 1.65. The van der Waals surface area contributed by atoms with Gasteiger partial charge in [-0.3, -0.25) is 0 Å². The van der Waals surface area contributed by atoms with Crippen LogP contribution in [0.15, 0.2) is 48.5 Å². The zero-order valence-corrected chi connectivity index (χ0v) is 17.9. The standard InChI is InChI=1S/C25H32O5/c1-3-4-5-18-29-24(26)30-23-14-16-25(27,17-15-23)21-10-6-19(7-11-21)20-8-12-22(28-2)13-9-20/h6-13,23,27H,3-5,14-18H2,1-2H3. The lowest BCUT2D eigenvalue weighted by atomic mass is 9.78. The first-order chi connectivity index (χ1) is 14.5. The number of benzene rings is 2. The maximum atomic E-state index is 11.8. The van der Waals surface area contributed by atoms with Crippen molar-refractivity contribution in [3.63, 3.8) is 0 Å². The summed E-state index contributed by atoms with van der Waals surface area (Å²) in [5.41, 5.74) is 2.21. The number of hydrogen-bond donors (Lipinski definition) is 1. The topological polar surface area (TPSA) is 65.0 Å². The van der Waals surface area contributed by atoms with E-state index in [0.29, 0.717) is 32.3 Å². The van der Waals surface area contributed by atoms with Gasteiger partial charge in [0.15, 0.2) is 0 Å². The smallest absolute Gasteiger partial charge is 0.497 e. The van der Waals surface area contributed by atoms with Crippen LogP contribution in [0.1, 0.15) is 57.4 Å². The van der Waals surface area contributed by atoms with Gasteiger partial charge in [0.05, 0.1) is 19.3 Å². The fourth-order valence-electron chi connectivity index (χ4n) is 3.91. The number of carbonyl (C=O) groups is 1. The molecule has 162 valence electrons. The lowest BCUT2D eigenvalue weighted by Crippen LogP contribution is -2.35. The first kappa shape index (κ1) is 22.2. The van der Waals surface area contributed by atoms with Crippen LogP contribution in [0.25, 0.3) is 11.1 Å². The van der Waals surface area contributed by atoms with Crippen molar-refractivity contribution in [2.24, 2.45) is 0 Å². The Morgan fingerprint density at radius 3 is 2.17 bits per heavy atom. The fourth-order valence-corrected chi connectivity index (χ4v) is 3.91. The molecule has 0 aliphatic heterocycles. The Labute approximate surface area is 179 Å². The second-order valence-corrected chi connectivity index (χ2v) is 7.96. The summed E-state index contributed by atoms with van der Waals surface area (Å²) in [6, 6.07) is 16.0. The van der Waals surface area contributed by atoms with E-state index in [0.717, 1.165) is 41.7 Å². The summed E-state index contributed by atoms with van der Waals surface area (Å²) in [6.45, 7) is 2.51. The first-order valence-corrected chi connectivity index (χ1v) is 10.8. The summed E-state index contributed by atoms with van der Waals surface area (Å²) >= 11 is 0. The summed E-state index contributed by atoms with van der Waals surface area (Å²) in [5.74, 6) is 0.827. The number of unbranched alkanes of at least 4 members (excludes halogenated alkanes) is 2. The molecule has 1 fully saturated rings. The summed E-state index contributed by atoms with van der Waals surface area (Å²) < 4.78 is 15.7.